The molecule has 1 N–H and O–H groups in total. The molecule has 0 spiro atoms. The van der Waals surface area contributed by atoms with Gasteiger partial charge >= 0.3 is 24.1 Å². The van der Waals surface area contributed by atoms with E-state index in [1.54, 1.807) is 58.9 Å². The van der Waals surface area contributed by atoms with Gasteiger partial charge in [0, 0.05) is 11.6 Å². The number of rotatable bonds is 15. The van der Waals surface area contributed by atoms with Crippen LogP contribution in [0.3, 0.4) is 0 Å². The van der Waals surface area contributed by atoms with Crippen molar-refractivity contribution in [3.63, 3.8) is 0 Å². The van der Waals surface area contributed by atoms with Gasteiger partial charge in [-0.3, -0.25) is 14.6 Å². The molecule has 0 bridgehead atoms. The summed E-state index contributed by atoms with van der Waals surface area (Å²) in [5.41, 5.74) is -3.01. The summed E-state index contributed by atoms with van der Waals surface area (Å²) in [5.74, 6) is -2.18. The fourth-order valence-corrected chi connectivity index (χ4v) is 9.81. The van der Waals surface area contributed by atoms with Gasteiger partial charge in [-0.15, -0.1) is 0 Å². The minimum Gasteiger partial charge on any atom is -0.486 e. The third kappa shape index (κ3) is 12.2. The van der Waals surface area contributed by atoms with Crippen molar-refractivity contribution in [1.29, 1.82) is 0 Å². The molecule has 18 heteroatoms. The Labute approximate surface area is 405 Å². The molecule has 5 rings (SSSR count). The molecule has 2 fully saturated rings. The monoisotopic (exact) mass is 985 g/mol. The summed E-state index contributed by atoms with van der Waals surface area (Å²) in [6.07, 6.45) is -3.35. The first-order valence-corrected chi connectivity index (χ1v) is 25.9. The van der Waals surface area contributed by atoms with Crippen molar-refractivity contribution in [3.05, 3.63) is 99.5 Å². The third-order valence-corrected chi connectivity index (χ3v) is 17.6. The molecule has 5 atom stereocenters. The summed E-state index contributed by atoms with van der Waals surface area (Å²) in [5, 5.41) is 3.12. The van der Waals surface area contributed by atoms with Gasteiger partial charge in [-0.1, -0.05) is 105 Å². The molecule has 0 aromatic heterocycles. The zero-order chi connectivity index (χ0) is 49.7. The summed E-state index contributed by atoms with van der Waals surface area (Å²) in [6, 6.07) is 18.1. The average Bonchev–Trinajstić information content (AvgIpc) is 3.78. The number of carbonyl (C=O) groups is 5. The molecule has 3 amide bonds. The van der Waals surface area contributed by atoms with E-state index in [0.29, 0.717) is 5.56 Å². The van der Waals surface area contributed by atoms with Crippen molar-refractivity contribution in [1.82, 2.24) is 15.1 Å². The lowest BCUT2D eigenvalue weighted by atomic mass is 9.84. The van der Waals surface area contributed by atoms with Gasteiger partial charge in [-0.2, -0.15) is 0 Å². The van der Waals surface area contributed by atoms with E-state index in [2.05, 4.69) is 39.2 Å². The van der Waals surface area contributed by atoms with Gasteiger partial charge in [-0.25, -0.2) is 19.2 Å². The fourth-order valence-electron chi connectivity index (χ4n) is 8.16. The Bertz CT molecular complexity index is 2230. The fraction of sp³-hybridized carbons (Fsp3) is 0.531. The molecular formula is C49H65Cl2N3O12Si. The summed E-state index contributed by atoms with van der Waals surface area (Å²) in [7, 11) is -0.152. The molecule has 3 aromatic carbocycles. The van der Waals surface area contributed by atoms with Gasteiger partial charge < -0.3 is 38.2 Å². The van der Waals surface area contributed by atoms with Crippen LogP contribution >= 0.6 is 23.2 Å². The van der Waals surface area contributed by atoms with E-state index >= 15 is 0 Å². The maximum atomic E-state index is 14.8. The zero-order valence-electron chi connectivity index (χ0n) is 40.5. The number of methoxy groups -OCH3 is 2. The Morgan fingerprint density at radius 3 is 1.93 bits per heavy atom. The van der Waals surface area contributed by atoms with Crippen LogP contribution in [0.2, 0.25) is 28.2 Å². The van der Waals surface area contributed by atoms with Crippen LogP contribution in [0, 0.1) is 0 Å². The normalized spacial score (nSPS) is 21.0. The second-order valence-corrected chi connectivity index (χ2v) is 25.5. The maximum absolute atomic E-state index is 14.8. The van der Waals surface area contributed by atoms with E-state index in [-0.39, 0.29) is 65.5 Å². The number of nitrogens with one attached hydrogen (secondary N) is 1. The smallest absolute Gasteiger partial charge is 0.413 e. The minimum atomic E-state index is -2.46. The molecule has 3 aromatic rings. The summed E-state index contributed by atoms with van der Waals surface area (Å²) in [6.45, 7) is 18.6. The Balaban J connectivity index is 1.55. The molecule has 15 nitrogen and oxygen atoms in total. The Kier molecular flexibility index (Phi) is 16.8. The quantitative estimate of drug-likeness (QED) is 0.0871. The molecule has 2 aliphatic rings. The highest BCUT2D eigenvalue weighted by Gasteiger charge is 2.70. The predicted molar refractivity (Wildman–Crippen MR) is 255 cm³/mol. The van der Waals surface area contributed by atoms with Crippen LogP contribution in [-0.4, -0.2) is 110 Å². The summed E-state index contributed by atoms with van der Waals surface area (Å²) < 4.78 is 41.8. The Morgan fingerprint density at radius 1 is 0.836 bits per heavy atom. The molecule has 0 saturated carbocycles. The SMILES string of the molecule is COC(=O)[C@H]1[C@@H]([C@@]2(C(=O)OC)CC[C@H](CC(CO[Si](C)(C)C(C)(C)C)NC(=O)c3cc(Cl)c(OCc4ccccc4)c(Cl)c3)N2C(=O)OC(C)(C)C)OC(C)(C)N1C(=O)OCc1ccccc1. The largest absolute Gasteiger partial charge is 0.486 e. The van der Waals surface area contributed by atoms with Crippen LogP contribution in [0.15, 0.2) is 72.8 Å². The zero-order valence-corrected chi connectivity index (χ0v) is 43.0. The Hall–Kier alpha value is -4.87. The number of amides is 3. The number of hydrogen-bond donors (Lipinski definition) is 1. The number of ether oxygens (including phenoxy) is 6. The van der Waals surface area contributed by atoms with E-state index in [9.17, 15) is 24.0 Å². The first-order valence-electron chi connectivity index (χ1n) is 22.2. The Morgan fingerprint density at radius 2 is 1.40 bits per heavy atom. The average molecular weight is 987 g/mol. The molecular weight excluding hydrogens is 922 g/mol. The molecule has 0 aliphatic carbocycles. The lowest BCUT2D eigenvalue weighted by Crippen LogP contribution is -2.67. The van der Waals surface area contributed by atoms with Crippen LogP contribution in [0.1, 0.15) is 96.1 Å². The van der Waals surface area contributed by atoms with E-state index in [1.165, 1.54) is 17.0 Å². The molecule has 2 saturated heterocycles. The highest BCUT2D eigenvalue weighted by atomic mass is 35.5. The van der Waals surface area contributed by atoms with Crippen molar-refractivity contribution < 1.29 is 56.8 Å². The van der Waals surface area contributed by atoms with Crippen LogP contribution in [0.25, 0.3) is 0 Å². The van der Waals surface area contributed by atoms with Crippen molar-refractivity contribution in [2.24, 2.45) is 0 Å². The summed E-state index contributed by atoms with van der Waals surface area (Å²) in [4.78, 5) is 74.3. The molecule has 2 heterocycles. The van der Waals surface area contributed by atoms with Gasteiger partial charge in [0.05, 0.1) is 36.9 Å². The lowest BCUT2D eigenvalue weighted by Gasteiger charge is -2.44. The van der Waals surface area contributed by atoms with E-state index in [1.807, 2.05) is 36.4 Å². The van der Waals surface area contributed by atoms with Gasteiger partial charge in [-0.05, 0) is 95.3 Å². The van der Waals surface area contributed by atoms with Crippen LogP contribution in [0.5, 0.6) is 5.75 Å². The molecule has 2 aliphatic heterocycles. The second kappa shape index (κ2) is 21.2. The number of benzene rings is 3. The van der Waals surface area contributed by atoms with E-state index in [4.69, 9.17) is 56.0 Å². The van der Waals surface area contributed by atoms with Gasteiger partial charge in [0.25, 0.3) is 5.91 Å². The highest BCUT2D eigenvalue weighted by molar-refractivity contribution is 6.74. The van der Waals surface area contributed by atoms with Crippen molar-refractivity contribution in [2.45, 2.75) is 147 Å². The van der Waals surface area contributed by atoms with Crippen molar-refractivity contribution >= 4 is 61.6 Å². The first-order chi connectivity index (χ1) is 31.3. The van der Waals surface area contributed by atoms with E-state index < -0.39 is 79.4 Å². The van der Waals surface area contributed by atoms with Gasteiger partial charge in [0.2, 0.25) is 0 Å². The number of halogens is 2. The lowest BCUT2D eigenvalue weighted by molar-refractivity contribution is -0.171. The number of esters is 2. The third-order valence-electron chi connectivity index (χ3n) is 12.5. The predicted octanol–water partition coefficient (Wildman–Crippen LogP) is 9.71. The van der Waals surface area contributed by atoms with Crippen molar-refractivity contribution in [3.8, 4) is 5.75 Å². The number of hydrogen-bond acceptors (Lipinski definition) is 12. The van der Waals surface area contributed by atoms with Gasteiger partial charge in [0.1, 0.15) is 30.6 Å². The van der Waals surface area contributed by atoms with E-state index in [0.717, 1.165) is 24.7 Å². The molecule has 67 heavy (non-hydrogen) atoms. The van der Waals surface area contributed by atoms with Crippen LogP contribution in [0.4, 0.5) is 9.59 Å². The molecule has 366 valence electrons. The number of likely N-dealkylation sites (tertiary alicyclic amines) is 1. The maximum Gasteiger partial charge on any atom is 0.413 e. The minimum absolute atomic E-state index is 0.0185. The highest BCUT2D eigenvalue weighted by Crippen LogP contribution is 2.49. The second-order valence-electron chi connectivity index (χ2n) is 19.8. The number of carbonyl (C=O) groups excluding carboxylic acids is 5. The topological polar surface area (TPSA) is 168 Å². The van der Waals surface area contributed by atoms with Crippen molar-refractivity contribution in [2.75, 3.05) is 20.8 Å². The standard InChI is InChI=1S/C49H65Cl2N3O12Si/c1-46(2,3)66-45(59)53-35(23-24-49(53,43(57)61-10)40-38(42(56)60-9)54(48(7,8)65-40)44(58)63-29-32-21-17-14-18-22-32)27-34(30-64-67(11,12)47(4,5)6)52-41(55)33-25-36(50)39(37(51)26-33)62-28-31-19-15-13-16-20-31/h13-22,25-26,34-35,38,40H,23-24,27-30H2,1-12H3,(H,52,55)/t34?,35-,38-,40+,49-/m1/s1. The van der Waals surface area contributed by atoms with Crippen LogP contribution in [-0.2, 0) is 50.9 Å². The van der Waals surface area contributed by atoms with Gasteiger partial charge in [0.15, 0.2) is 25.6 Å². The molecule has 0 radical (unpaired) electrons. The molecule has 1 unspecified atom stereocenters. The number of nitrogens with zero attached hydrogens (tertiary/aromatic N) is 2. The first kappa shape index (κ1) is 53.1. The summed E-state index contributed by atoms with van der Waals surface area (Å²) >= 11 is 13.4. The van der Waals surface area contributed by atoms with Crippen LogP contribution < -0.4 is 10.1 Å².